The Hall–Kier alpha value is -0.650. The van der Waals surface area contributed by atoms with E-state index in [1.165, 1.54) is 6.42 Å². The van der Waals surface area contributed by atoms with Crippen LogP contribution in [0.4, 0.5) is 0 Å². The summed E-state index contributed by atoms with van der Waals surface area (Å²) in [6.45, 7) is 5.08. The van der Waals surface area contributed by atoms with E-state index in [-0.39, 0.29) is 18.1 Å². The minimum absolute atomic E-state index is 0.00971. The Labute approximate surface area is 115 Å². The van der Waals surface area contributed by atoms with Gasteiger partial charge in [-0.05, 0) is 45.6 Å². The van der Waals surface area contributed by atoms with E-state index < -0.39 is 6.10 Å². The molecule has 0 bridgehead atoms. The van der Waals surface area contributed by atoms with Crippen LogP contribution < -0.4 is 10.6 Å². The van der Waals surface area contributed by atoms with Gasteiger partial charge in [0, 0.05) is 19.2 Å². The van der Waals surface area contributed by atoms with E-state index in [2.05, 4.69) is 10.6 Å². The third kappa shape index (κ3) is 5.09. The lowest BCUT2D eigenvalue weighted by atomic mass is 10.1. The first kappa shape index (κ1) is 14.8. The lowest BCUT2D eigenvalue weighted by Gasteiger charge is -2.27. The second kappa shape index (κ2) is 7.82. The molecule has 2 fully saturated rings. The predicted octanol–water partition coefficient (Wildman–Crippen LogP) is 0.829. The lowest BCUT2D eigenvalue weighted by Crippen LogP contribution is -2.49. The molecule has 0 aromatic carbocycles. The standard InChI is InChI=1S/C14H26N2O3/c1-11(19-10-13-6-2-3-8-18-13)14(17)16-12-5-4-7-15-9-12/h11-13,15H,2-10H2,1H3,(H,16,17)/t11?,12-,13?/m0/s1. The Bertz CT molecular complexity index is 274. The van der Waals surface area contributed by atoms with Crippen LogP contribution in [-0.4, -0.2) is 50.5 Å². The fourth-order valence-electron chi connectivity index (χ4n) is 2.56. The van der Waals surface area contributed by atoms with E-state index in [1.54, 1.807) is 0 Å². The van der Waals surface area contributed by atoms with Crippen LogP contribution >= 0.6 is 0 Å². The summed E-state index contributed by atoms with van der Waals surface area (Å²) >= 11 is 0. The van der Waals surface area contributed by atoms with E-state index in [4.69, 9.17) is 9.47 Å². The van der Waals surface area contributed by atoms with Crippen LogP contribution in [0.1, 0.15) is 39.0 Å². The smallest absolute Gasteiger partial charge is 0.249 e. The molecular formula is C14H26N2O3. The maximum absolute atomic E-state index is 12.0. The molecule has 0 saturated carbocycles. The minimum atomic E-state index is -0.396. The molecule has 2 rings (SSSR count). The highest BCUT2D eigenvalue weighted by atomic mass is 16.5. The van der Waals surface area contributed by atoms with E-state index in [1.807, 2.05) is 6.92 Å². The van der Waals surface area contributed by atoms with Crippen LogP contribution in [0.3, 0.4) is 0 Å². The Morgan fingerprint density at radius 2 is 2.32 bits per heavy atom. The van der Waals surface area contributed by atoms with Crippen molar-refractivity contribution in [2.24, 2.45) is 0 Å². The zero-order chi connectivity index (χ0) is 13.5. The highest BCUT2D eigenvalue weighted by Gasteiger charge is 2.21. The molecule has 19 heavy (non-hydrogen) atoms. The molecule has 0 radical (unpaired) electrons. The molecule has 2 N–H and O–H groups in total. The summed E-state index contributed by atoms with van der Waals surface area (Å²) in [6, 6.07) is 0.248. The molecule has 0 aromatic heterocycles. The molecule has 0 aromatic rings. The molecule has 0 aliphatic carbocycles. The predicted molar refractivity (Wildman–Crippen MR) is 73.0 cm³/mol. The van der Waals surface area contributed by atoms with E-state index in [0.29, 0.717) is 6.61 Å². The van der Waals surface area contributed by atoms with E-state index >= 15 is 0 Å². The first-order chi connectivity index (χ1) is 9.25. The zero-order valence-corrected chi connectivity index (χ0v) is 11.8. The van der Waals surface area contributed by atoms with Crippen molar-refractivity contribution in [1.82, 2.24) is 10.6 Å². The number of carbonyl (C=O) groups excluding carboxylic acids is 1. The Kier molecular flexibility index (Phi) is 6.07. The Morgan fingerprint density at radius 3 is 3.00 bits per heavy atom. The van der Waals surface area contributed by atoms with Crippen molar-refractivity contribution in [3.8, 4) is 0 Å². The number of amides is 1. The largest absolute Gasteiger partial charge is 0.376 e. The van der Waals surface area contributed by atoms with Gasteiger partial charge in [0.2, 0.25) is 5.91 Å². The molecule has 0 spiro atoms. The molecule has 3 atom stereocenters. The number of hydrogen-bond donors (Lipinski definition) is 2. The van der Waals surface area contributed by atoms with Crippen LogP contribution in [0.15, 0.2) is 0 Å². The monoisotopic (exact) mass is 270 g/mol. The fourth-order valence-corrected chi connectivity index (χ4v) is 2.56. The van der Waals surface area contributed by atoms with E-state index in [0.717, 1.165) is 45.4 Å². The molecule has 2 aliphatic rings. The van der Waals surface area contributed by atoms with Crippen LogP contribution in [0.5, 0.6) is 0 Å². The summed E-state index contributed by atoms with van der Waals surface area (Å²) in [5.74, 6) is -0.00971. The molecule has 1 amide bonds. The van der Waals surface area contributed by atoms with E-state index in [9.17, 15) is 4.79 Å². The van der Waals surface area contributed by atoms with Crippen molar-refractivity contribution in [3.05, 3.63) is 0 Å². The summed E-state index contributed by atoms with van der Waals surface area (Å²) in [7, 11) is 0. The van der Waals surface area contributed by atoms with Crippen LogP contribution in [0, 0.1) is 0 Å². The van der Waals surface area contributed by atoms with Gasteiger partial charge in [-0.3, -0.25) is 4.79 Å². The molecule has 2 aliphatic heterocycles. The summed E-state index contributed by atoms with van der Waals surface area (Å²) in [5, 5.41) is 6.33. The molecule has 2 saturated heterocycles. The Morgan fingerprint density at radius 1 is 1.42 bits per heavy atom. The van der Waals surface area contributed by atoms with Crippen LogP contribution in [0.2, 0.25) is 0 Å². The van der Waals surface area contributed by atoms with Gasteiger partial charge in [-0.2, -0.15) is 0 Å². The fraction of sp³-hybridized carbons (Fsp3) is 0.929. The highest BCUT2D eigenvalue weighted by molar-refractivity contribution is 5.80. The summed E-state index contributed by atoms with van der Waals surface area (Å²) < 4.78 is 11.2. The highest BCUT2D eigenvalue weighted by Crippen LogP contribution is 2.13. The number of rotatable bonds is 5. The zero-order valence-electron chi connectivity index (χ0n) is 11.8. The average Bonchev–Trinajstić information content (AvgIpc) is 2.47. The van der Waals surface area contributed by atoms with Crippen molar-refractivity contribution >= 4 is 5.91 Å². The third-order valence-electron chi connectivity index (χ3n) is 3.82. The van der Waals surface area contributed by atoms with Crippen LogP contribution in [0.25, 0.3) is 0 Å². The maximum atomic E-state index is 12.0. The van der Waals surface area contributed by atoms with Gasteiger partial charge in [0.15, 0.2) is 0 Å². The van der Waals surface area contributed by atoms with Crippen molar-refractivity contribution in [2.45, 2.75) is 57.3 Å². The molecule has 110 valence electrons. The van der Waals surface area contributed by atoms with Gasteiger partial charge >= 0.3 is 0 Å². The summed E-state index contributed by atoms with van der Waals surface area (Å²) in [5.41, 5.74) is 0. The summed E-state index contributed by atoms with van der Waals surface area (Å²) in [4.78, 5) is 12.0. The normalized spacial score (nSPS) is 29.7. The second-order valence-corrected chi connectivity index (χ2v) is 5.52. The quantitative estimate of drug-likeness (QED) is 0.777. The topological polar surface area (TPSA) is 59.6 Å². The molecule has 5 heteroatoms. The van der Waals surface area contributed by atoms with Gasteiger partial charge in [0.1, 0.15) is 6.10 Å². The number of nitrogens with one attached hydrogen (secondary N) is 2. The van der Waals surface area contributed by atoms with Gasteiger partial charge in [-0.1, -0.05) is 0 Å². The Balaban J connectivity index is 1.63. The SMILES string of the molecule is CC(OCC1CCCCO1)C(=O)N[C@H]1CCCNC1. The number of hydrogen-bond acceptors (Lipinski definition) is 4. The third-order valence-corrected chi connectivity index (χ3v) is 3.82. The molecule has 2 heterocycles. The minimum Gasteiger partial charge on any atom is -0.376 e. The number of ether oxygens (including phenoxy) is 2. The first-order valence-corrected chi connectivity index (χ1v) is 7.50. The lowest BCUT2D eigenvalue weighted by molar-refractivity contribution is -0.136. The van der Waals surface area contributed by atoms with Gasteiger partial charge < -0.3 is 20.1 Å². The molecule has 2 unspecified atom stereocenters. The summed E-state index contributed by atoms with van der Waals surface area (Å²) in [6.07, 6.45) is 5.32. The average molecular weight is 270 g/mol. The van der Waals surface area contributed by atoms with Gasteiger partial charge in [-0.15, -0.1) is 0 Å². The van der Waals surface area contributed by atoms with Crippen molar-refractivity contribution in [3.63, 3.8) is 0 Å². The molecular weight excluding hydrogens is 244 g/mol. The number of carbonyl (C=O) groups is 1. The van der Waals surface area contributed by atoms with Gasteiger partial charge in [-0.25, -0.2) is 0 Å². The van der Waals surface area contributed by atoms with Crippen molar-refractivity contribution in [1.29, 1.82) is 0 Å². The second-order valence-electron chi connectivity index (χ2n) is 5.52. The first-order valence-electron chi connectivity index (χ1n) is 7.50. The van der Waals surface area contributed by atoms with Gasteiger partial charge in [0.25, 0.3) is 0 Å². The maximum Gasteiger partial charge on any atom is 0.249 e. The van der Waals surface area contributed by atoms with Crippen LogP contribution in [-0.2, 0) is 14.3 Å². The van der Waals surface area contributed by atoms with Gasteiger partial charge in [0.05, 0.1) is 12.7 Å². The van der Waals surface area contributed by atoms with Crippen molar-refractivity contribution in [2.75, 3.05) is 26.3 Å². The molecule has 5 nitrogen and oxygen atoms in total. The number of piperidine rings is 1. The van der Waals surface area contributed by atoms with Crippen molar-refractivity contribution < 1.29 is 14.3 Å².